The van der Waals surface area contributed by atoms with Crippen molar-refractivity contribution >= 4 is 22.4 Å². The summed E-state index contributed by atoms with van der Waals surface area (Å²) in [5.74, 6) is 0.320. The molecule has 0 spiro atoms. The molecular formula is C29H35N3O. The van der Waals surface area contributed by atoms with Gasteiger partial charge in [-0.25, -0.2) is 0 Å². The van der Waals surface area contributed by atoms with Gasteiger partial charge in [0.15, 0.2) is 0 Å². The molecule has 3 aromatic carbocycles. The maximum atomic E-state index is 12.8. The van der Waals surface area contributed by atoms with Crippen LogP contribution >= 0.6 is 0 Å². The lowest BCUT2D eigenvalue weighted by atomic mass is 9.92. The summed E-state index contributed by atoms with van der Waals surface area (Å²) in [5, 5.41) is 5.82. The fourth-order valence-electron chi connectivity index (χ4n) is 5.49. The van der Waals surface area contributed by atoms with E-state index < -0.39 is 0 Å². The number of likely N-dealkylation sites (tertiary alicyclic amines) is 1. The molecule has 5 rings (SSSR count). The van der Waals surface area contributed by atoms with E-state index in [0.29, 0.717) is 12.6 Å². The summed E-state index contributed by atoms with van der Waals surface area (Å²) in [6, 6.07) is 24.3. The van der Waals surface area contributed by atoms with Crippen LogP contribution in [0.3, 0.4) is 0 Å². The molecule has 0 aliphatic carbocycles. The largest absolute Gasteiger partial charge is 0.372 e. The summed E-state index contributed by atoms with van der Waals surface area (Å²) in [4.78, 5) is 17.8. The first-order valence-corrected chi connectivity index (χ1v) is 12.5. The average molecular weight is 442 g/mol. The summed E-state index contributed by atoms with van der Waals surface area (Å²) in [6.45, 7) is 7.17. The van der Waals surface area contributed by atoms with Crippen molar-refractivity contribution in [2.24, 2.45) is 5.92 Å². The number of anilines is 1. The first-order valence-electron chi connectivity index (χ1n) is 12.5. The van der Waals surface area contributed by atoms with E-state index in [4.69, 9.17) is 0 Å². The Morgan fingerprint density at radius 1 is 0.909 bits per heavy atom. The summed E-state index contributed by atoms with van der Waals surface area (Å²) >= 11 is 0. The van der Waals surface area contributed by atoms with Crippen LogP contribution in [0, 0.1) is 5.92 Å². The molecule has 33 heavy (non-hydrogen) atoms. The number of rotatable bonds is 6. The van der Waals surface area contributed by atoms with Gasteiger partial charge in [-0.05, 0) is 79.7 Å². The van der Waals surface area contributed by atoms with Crippen LogP contribution in [0.5, 0.6) is 0 Å². The van der Waals surface area contributed by atoms with Gasteiger partial charge in [-0.3, -0.25) is 9.69 Å². The minimum Gasteiger partial charge on any atom is -0.372 e. The van der Waals surface area contributed by atoms with E-state index in [1.165, 1.54) is 40.4 Å². The highest BCUT2D eigenvalue weighted by molar-refractivity contribution is 5.86. The zero-order chi connectivity index (χ0) is 22.6. The van der Waals surface area contributed by atoms with Crippen molar-refractivity contribution < 1.29 is 4.79 Å². The van der Waals surface area contributed by atoms with E-state index in [2.05, 4.69) is 88.8 Å². The van der Waals surface area contributed by atoms with Gasteiger partial charge in [0.1, 0.15) is 0 Å². The Morgan fingerprint density at radius 2 is 1.61 bits per heavy atom. The molecule has 1 atom stereocenters. The molecule has 0 bridgehead atoms. The molecule has 0 radical (unpaired) electrons. The predicted molar refractivity (Wildman–Crippen MR) is 136 cm³/mol. The number of nitrogens with one attached hydrogen (secondary N) is 1. The van der Waals surface area contributed by atoms with Gasteiger partial charge in [-0.2, -0.15) is 0 Å². The summed E-state index contributed by atoms with van der Waals surface area (Å²) in [7, 11) is 0. The van der Waals surface area contributed by atoms with Crippen LogP contribution in [0.1, 0.15) is 49.8 Å². The molecule has 1 amide bonds. The molecule has 4 nitrogen and oxygen atoms in total. The topological polar surface area (TPSA) is 35.6 Å². The minimum absolute atomic E-state index is 0.116. The van der Waals surface area contributed by atoms with E-state index in [1.807, 2.05) is 0 Å². The maximum Gasteiger partial charge on any atom is 0.223 e. The van der Waals surface area contributed by atoms with Crippen molar-refractivity contribution in [3.63, 3.8) is 0 Å². The number of hydrogen-bond acceptors (Lipinski definition) is 3. The smallest absolute Gasteiger partial charge is 0.223 e. The second kappa shape index (κ2) is 9.96. The van der Waals surface area contributed by atoms with Gasteiger partial charge in [-0.15, -0.1) is 0 Å². The number of hydrogen-bond donors (Lipinski definition) is 1. The van der Waals surface area contributed by atoms with Gasteiger partial charge in [0.05, 0.1) is 0 Å². The SMILES string of the molecule is CC(c1cccc2ccccc12)N1CCC(C(=O)NCc2ccc(N3CCCC3)cc2)CC1. The van der Waals surface area contributed by atoms with Crippen molar-refractivity contribution in [1.29, 1.82) is 0 Å². The number of carbonyl (C=O) groups excluding carboxylic acids is 1. The molecule has 2 fully saturated rings. The maximum absolute atomic E-state index is 12.8. The highest BCUT2D eigenvalue weighted by Crippen LogP contribution is 2.31. The quantitative estimate of drug-likeness (QED) is 0.546. The highest BCUT2D eigenvalue weighted by Gasteiger charge is 2.28. The molecule has 2 aliphatic heterocycles. The molecule has 3 aromatic rings. The van der Waals surface area contributed by atoms with Gasteiger partial charge in [0.25, 0.3) is 0 Å². The Balaban J connectivity index is 1.13. The number of nitrogens with zero attached hydrogens (tertiary/aromatic N) is 2. The Hall–Kier alpha value is -2.85. The van der Waals surface area contributed by atoms with Crippen LogP contribution in [0.4, 0.5) is 5.69 Å². The van der Waals surface area contributed by atoms with Gasteiger partial charge >= 0.3 is 0 Å². The number of benzene rings is 3. The minimum atomic E-state index is 0.116. The van der Waals surface area contributed by atoms with Crippen LogP contribution in [0.25, 0.3) is 10.8 Å². The summed E-state index contributed by atoms with van der Waals surface area (Å²) < 4.78 is 0. The van der Waals surface area contributed by atoms with Gasteiger partial charge in [0.2, 0.25) is 5.91 Å². The second-order valence-electron chi connectivity index (χ2n) is 9.63. The molecule has 2 heterocycles. The van der Waals surface area contributed by atoms with E-state index >= 15 is 0 Å². The number of fused-ring (bicyclic) bond motifs is 1. The molecule has 1 N–H and O–H groups in total. The van der Waals surface area contributed by atoms with E-state index in [1.54, 1.807) is 0 Å². The number of piperidine rings is 1. The van der Waals surface area contributed by atoms with Crippen LogP contribution < -0.4 is 10.2 Å². The number of amides is 1. The van der Waals surface area contributed by atoms with Gasteiger partial charge in [-0.1, -0.05) is 54.6 Å². The van der Waals surface area contributed by atoms with Crippen molar-refractivity contribution in [2.45, 2.75) is 45.2 Å². The van der Waals surface area contributed by atoms with Gasteiger partial charge < -0.3 is 10.2 Å². The summed E-state index contributed by atoms with van der Waals surface area (Å²) in [6.07, 6.45) is 4.43. The van der Waals surface area contributed by atoms with Crippen molar-refractivity contribution in [2.75, 3.05) is 31.1 Å². The van der Waals surface area contributed by atoms with Crippen molar-refractivity contribution in [3.8, 4) is 0 Å². The van der Waals surface area contributed by atoms with E-state index in [9.17, 15) is 4.79 Å². The highest BCUT2D eigenvalue weighted by atomic mass is 16.1. The number of carbonyl (C=O) groups is 1. The third kappa shape index (κ3) is 4.91. The standard InChI is InChI=1S/C29H35N3O/c1-22(27-10-6-8-24-7-2-3-9-28(24)27)31-19-15-25(16-20-31)29(33)30-21-23-11-13-26(14-12-23)32-17-4-5-18-32/h2-3,6-14,22,25H,4-5,15-21H2,1H3,(H,30,33). The van der Waals surface area contributed by atoms with E-state index in [-0.39, 0.29) is 11.8 Å². The molecule has 1 unspecified atom stereocenters. The molecule has 2 saturated heterocycles. The first kappa shape index (κ1) is 22.0. The average Bonchev–Trinajstić information content (AvgIpc) is 3.42. The monoisotopic (exact) mass is 441 g/mol. The van der Waals surface area contributed by atoms with Crippen LogP contribution in [0.15, 0.2) is 66.7 Å². The fraction of sp³-hybridized carbons (Fsp3) is 0.414. The third-order valence-electron chi connectivity index (χ3n) is 7.60. The Kier molecular flexibility index (Phi) is 6.63. The van der Waals surface area contributed by atoms with Crippen molar-refractivity contribution in [3.05, 3.63) is 77.9 Å². The third-order valence-corrected chi connectivity index (χ3v) is 7.60. The fourth-order valence-corrected chi connectivity index (χ4v) is 5.49. The first-order chi connectivity index (χ1) is 16.2. The zero-order valence-electron chi connectivity index (χ0n) is 19.7. The molecule has 2 aliphatic rings. The van der Waals surface area contributed by atoms with Crippen LogP contribution in [0.2, 0.25) is 0 Å². The van der Waals surface area contributed by atoms with Crippen molar-refractivity contribution in [1.82, 2.24) is 10.2 Å². The van der Waals surface area contributed by atoms with Gasteiger partial charge in [0, 0.05) is 37.3 Å². The summed E-state index contributed by atoms with van der Waals surface area (Å²) in [5.41, 5.74) is 3.86. The lowest BCUT2D eigenvalue weighted by Gasteiger charge is -2.36. The molecule has 172 valence electrons. The normalized spacial score (nSPS) is 18.5. The Bertz CT molecular complexity index is 1070. The molecule has 0 aromatic heterocycles. The van der Waals surface area contributed by atoms with Crippen LogP contribution in [-0.4, -0.2) is 37.0 Å². The zero-order valence-corrected chi connectivity index (χ0v) is 19.7. The molecule has 4 heteroatoms. The van der Waals surface area contributed by atoms with Crippen LogP contribution in [-0.2, 0) is 11.3 Å². The van der Waals surface area contributed by atoms with E-state index in [0.717, 1.165) is 39.0 Å². The lowest BCUT2D eigenvalue weighted by molar-refractivity contribution is -0.126. The molecular weight excluding hydrogens is 406 g/mol. The second-order valence-corrected chi connectivity index (χ2v) is 9.63. The predicted octanol–water partition coefficient (Wildman–Crippen LogP) is 5.53. The Labute approximate surface area is 197 Å². The Morgan fingerprint density at radius 3 is 2.36 bits per heavy atom. The lowest BCUT2D eigenvalue weighted by Crippen LogP contribution is -2.41. The molecule has 0 saturated carbocycles.